The van der Waals surface area contributed by atoms with E-state index in [0.717, 1.165) is 26.2 Å². The van der Waals surface area contributed by atoms with Crippen LogP contribution in [0.5, 0.6) is 0 Å². The van der Waals surface area contributed by atoms with Crippen LogP contribution in [0.3, 0.4) is 0 Å². The van der Waals surface area contributed by atoms with E-state index in [4.69, 9.17) is 5.11 Å². The maximum Gasteiger partial charge on any atom is 0.337 e. The molecule has 0 heterocycles. The molecule has 0 aromatic heterocycles. The van der Waals surface area contributed by atoms with Crippen LogP contribution in [0, 0.1) is 5.82 Å². The number of nitrogens with one attached hydrogen (secondary N) is 1. The second-order valence-electron chi connectivity index (χ2n) is 5.28. The molecule has 0 saturated carbocycles. The highest BCUT2D eigenvalue weighted by Gasteiger charge is 2.33. The number of carboxylic acid groups (broad SMARTS) is 1. The molecule has 1 amide bonds. The van der Waals surface area contributed by atoms with Gasteiger partial charge in [-0.05, 0) is 25.1 Å². The van der Waals surface area contributed by atoms with Gasteiger partial charge in [-0.2, -0.15) is 4.31 Å². The van der Waals surface area contributed by atoms with Crippen molar-refractivity contribution >= 4 is 27.9 Å². The van der Waals surface area contributed by atoms with Crippen molar-refractivity contribution in [1.29, 1.82) is 0 Å². The van der Waals surface area contributed by atoms with Crippen LogP contribution in [-0.4, -0.2) is 61.9 Å². The number of benzene rings is 1. The lowest BCUT2D eigenvalue weighted by Gasteiger charge is -2.26. The van der Waals surface area contributed by atoms with Gasteiger partial charge in [0.1, 0.15) is 11.9 Å². The molecule has 0 aliphatic rings. The fraction of sp³-hybridized carbons (Fsp3) is 0.400. The Morgan fingerprint density at radius 2 is 1.92 bits per heavy atom. The van der Waals surface area contributed by atoms with Gasteiger partial charge in [0.15, 0.2) is 0 Å². The first-order chi connectivity index (χ1) is 12.0. The first-order valence-corrected chi connectivity index (χ1v) is 8.82. The predicted octanol–water partition coefficient (Wildman–Crippen LogP) is 0.212. The van der Waals surface area contributed by atoms with Gasteiger partial charge in [0.05, 0.1) is 17.6 Å². The third kappa shape index (κ3) is 5.23. The van der Waals surface area contributed by atoms with Crippen LogP contribution >= 0.6 is 0 Å². The lowest BCUT2D eigenvalue weighted by atomic mass is 10.2. The number of aliphatic carboxylic acids is 1. The predicted molar refractivity (Wildman–Crippen MR) is 87.4 cm³/mol. The Morgan fingerprint density at radius 1 is 1.31 bits per heavy atom. The van der Waals surface area contributed by atoms with Crippen molar-refractivity contribution in [3.63, 3.8) is 0 Å². The Bertz CT molecular complexity index is 810. The van der Waals surface area contributed by atoms with Crippen molar-refractivity contribution in [3.8, 4) is 0 Å². The van der Waals surface area contributed by atoms with Gasteiger partial charge in [-0.3, -0.25) is 9.59 Å². The molecule has 0 fully saturated rings. The van der Waals surface area contributed by atoms with E-state index in [9.17, 15) is 27.2 Å². The van der Waals surface area contributed by atoms with Crippen LogP contribution in [-0.2, 0) is 24.3 Å². The SMILES string of the molecule is COC(=O)c1cc(F)cc(S(=O)(=O)N(CCNC(C)=O)C(C)C(=O)O)c1. The van der Waals surface area contributed by atoms with E-state index in [1.165, 1.54) is 6.92 Å². The Balaban J connectivity index is 3.34. The minimum atomic E-state index is -4.48. The van der Waals surface area contributed by atoms with Gasteiger partial charge in [-0.25, -0.2) is 17.6 Å². The molecule has 0 spiro atoms. The maximum absolute atomic E-state index is 13.8. The number of hydrogen-bond acceptors (Lipinski definition) is 6. The second kappa shape index (κ2) is 8.72. The van der Waals surface area contributed by atoms with Crippen LogP contribution in [0.15, 0.2) is 23.1 Å². The molecule has 26 heavy (non-hydrogen) atoms. The van der Waals surface area contributed by atoms with Gasteiger partial charge >= 0.3 is 11.9 Å². The van der Waals surface area contributed by atoms with Crippen LogP contribution < -0.4 is 5.32 Å². The normalized spacial score (nSPS) is 12.5. The molecule has 1 aromatic rings. The zero-order valence-electron chi connectivity index (χ0n) is 14.4. The summed E-state index contributed by atoms with van der Waals surface area (Å²) >= 11 is 0. The lowest BCUT2D eigenvalue weighted by molar-refractivity contribution is -0.140. The van der Waals surface area contributed by atoms with Crippen LogP contribution in [0.4, 0.5) is 4.39 Å². The highest BCUT2D eigenvalue weighted by Crippen LogP contribution is 2.21. The van der Waals surface area contributed by atoms with Crippen LogP contribution in [0.25, 0.3) is 0 Å². The van der Waals surface area contributed by atoms with Crippen molar-refractivity contribution in [2.45, 2.75) is 24.8 Å². The van der Waals surface area contributed by atoms with E-state index in [1.54, 1.807) is 0 Å². The zero-order valence-corrected chi connectivity index (χ0v) is 15.2. The van der Waals surface area contributed by atoms with Crippen molar-refractivity contribution < 1.29 is 37.0 Å². The molecule has 1 atom stereocenters. The van der Waals surface area contributed by atoms with E-state index in [1.807, 2.05) is 0 Å². The monoisotopic (exact) mass is 390 g/mol. The molecule has 0 radical (unpaired) electrons. The fourth-order valence-electron chi connectivity index (χ4n) is 2.07. The van der Waals surface area contributed by atoms with Crippen molar-refractivity contribution in [2.24, 2.45) is 0 Å². The van der Waals surface area contributed by atoms with Crippen LogP contribution in [0.1, 0.15) is 24.2 Å². The number of carboxylic acids is 1. The van der Waals surface area contributed by atoms with Crippen molar-refractivity contribution in [3.05, 3.63) is 29.6 Å². The topological polar surface area (TPSA) is 130 Å². The second-order valence-corrected chi connectivity index (χ2v) is 7.17. The number of carbonyl (C=O) groups is 3. The van der Waals surface area contributed by atoms with Crippen molar-refractivity contribution in [2.75, 3.05) is 20.2 Å². The van der Waals surface area contributed by atoms with Gasteiger partial charge in [-0.1, -0.05) is 0 Å². The molecule has 1 aromatic carbocycles. The highest BCUT2D eigenvalue weighted by molar-refractivity contribution is 7.89. The highest BCUT2D eigenvalue weighted by atomic mass is 32.2. The summed E-state index contributed by atoms with van der Waals surface area (Å²) in [4.78, 5) is 33.2. The Hall–Kier alpha value is -2.53. The summed E-state index contributed by atoms with van der Waals surface area (Å²) in [6.07, 6.45) is 0. The molecule has 0 bridgehead atoms. The Morgan fingerprint density at radius 3 is 2.42 bits per heavy atom. The van der Waals surface area contributed by atoms with Crippen LogP contribution in [0.2, 0.25) is 0 Å². The Kier molecular flexibility index (Phi) is 7.21. The number of sulfonamides is 1. The average Bonchev–Trinajstić information content (AvgIpc) is 2.56. The molecule has 144 valence electrons. The molecule has 0 aliphatic heterocycles. The third-order valence-corrected chi connectivity index (χ3v) is 5.34. The number of nitrogens with zero attached hydrogens (tertiary/aromatic N) is 1. The van der Waals surface area contributed by atoms with E-state index >= 15 is 0 Å². The molecule has 11 heteroatoms. The molecule has 9 nitrogen and oxygen atoms in total. The standard InChI is InChI=1S/C15H19FN2O7S/c1-9(14(20)21)18(5-4-17-10(2)19)26(23,24)13-7-11(15(22)25-3)6-12(16)8-13/h6-9H,4-5H2,1-3H3,(H,17,19)(H,20,21). The summed E-state index contributed by atoms with van der Waals surface area (Å²) < 4.78 is 44.4. The van der Waals surface area contributed by atoms with E-state index in [2.05, 4.69) is 10.1 Å². The minimum Gasteiger partial charge on any atom is -0.480 e. The molecule has 1 unspecified atom stereocenters. The molecule has 1 rings (SSSR count). The van der Waals surface area contributed by atoms with Gasteiger partial charge < -0.3 is 15.2 Å². The van der Waals surface area contributed by atoms with Gasteiger partial charge in [0.2, 0.25) is 15.9 Å². The number of ether oxygens (including phenoxy) is 1. The molecule has 0 aliphatic carbocycles. The fourth-order valence-corrected chi connectivity index (χ4v) is 3.72. The molecular weight excluding hydrogens is 371 g/mol. The number of methoxy groups -OCH3 is 1. The number of halogens is 1. The first-order valence-electron chi connectivity index (χ1n) is 7.38. The summed E-state index contributed by atoms with van der Waals surface area (Å²) in [5.74, 6) is -3.81. The van der Waals surface area contributed by atoms with Crippen molar-refractivity contribution in [1.82, 2.24) is 9.62 Å². The molecular formula is C15H19FN2O7S. The summed E-state index contributed by atoms with van der Waals surface area (Å²) in [6.45, 7) is 1.84. The summed E-state index contributed by atoms with van der Waals surface area (Å²) in [5, 5.41) is 11.5. The number of rotatable bonds is 8. The average molecular weight is 390 g/mol. The zero-order chi connectivity index (χ0) is 20.1. The first kappa shape index (κ1) is 21.5. The van der Waals surface area contributed by atoms with Gasteiger partial charge in [0, 0.05) is 20.0 Å². The number of amides is 1. The quantitative estimate of drug-likeness (QED) is 0.607. The van der Waals surface area contributed by atoms with E-state index in [-0.39, 0.29) is 18.7 Å². The smallest absolute Gasteiger partial charge is 0.337 e. The molecule has 2 N–H and O–H groups in total. The lowest BCUT2D eigenvalue weighted by Crippen LogP contribution is -2.46. The largest absolute Gasteiger partial charge is 0.480 e. The number of esters is 1. The molecule has 0 saturated heterocycles. The van der Waals surface area contributed by atoms with Gasteiger partial charge in [0.25, 0.3) is 0 Å². The minimum absolute atomic E-state index is 0.147. The number of carbonyl (C=O) groups excluding carboxylic acids is 2. The summed E-state index contributed by atoms with van der Waals surface area (Å²) in [5.41, 5.74) is -0.337. The van der Waals surface area contributed by atoms with Gasteiger partial charge in [-0.15, -0.1) is 0 Å². The van der Waals surface area contributed by atoms with E-state index < -0.39 is 44.6 Å². The Labute approximate surface area is 149 Å². The third-order valence-electron chi connectivity index (χ3n) is 3.39. The van der Waals surface area contributed by atoms with E-state index in [0.29, 0.717) is 10.4 Å². The maximum atomic E-state index is 13.8. The summed E-state index contributed by atoms with van der Waals surface area (Å²) in [7, 11) is -3.43. The number of hydrogen-bond donors (Lipinski definition) is 2. The summed E-state index contributed by atoms with van der Waals surface area (Å²) in [6, 6.07) is 0.873.